The molecule has 1 aliphatic rings. The van der Waals surface area contributed by atoms with Crippen molar-refractivity contribution in [2.45, 2.75) is 12.6 Å². The molecule has 1 fully saturated rings. The van der Waals surface area contributed by atoms with Crippen molar-refractivity contribution in [3.63, 3.8) is 0 Å². The van der Waals surface area contributed by atoms with Gasteiger partial charge in [-0.25, -0.2) is 0 Å². The van der Waals surface area contributed by atoms with E-state index in [2.05, 4.69) is 87.2 Å². The van der Waals surface area contributed by atoms with Crippen molar-refractivity contribution in [2.75, 3.05) is 42.9 Å². The smallest absolute Gasteiger partial charge is 0.238 e. The Kier molecular flexibility index (Phi) is 8.26. The second kappa shape index (κ2) is 12.3. The monoisotopic (exact) mass is 490 g/mol. The van der Waals surface area contributed by atoms with Gasteiger partial charge in [-0.3, -0.25) is 15.0 Å². The first kappa shape index (κ1) is 24.8. The zero-order chi connectivity index (χ0) is 25.3. The molecule has 4 aromatic rings. The highest BCUT2D eigenvalue weighted by Gasteiger charge is 2.18. The van der Waals surface area contributed by atoms with Gasteiger partial charge in [-0.2, -0.15) is 0 Å². The van der Waals surface area contributed by atoms with Gasteiger partial charge in [0.25, 0.3) is 0 Å². The fourth-order valence-corrected chi connectivity index (χ4v) is 4.88. The molecule has 1 saturated heterocycles. The van der Waals surface area contributed by atoms with Crippen LogP contribution < -0.4 is 15.5 Å². The van der Waals surface area contributed by atoms with Gasteiger partial charge < -0.3 is 10.2 Å². The molecule has 5 heteroatoms. The lowest BCUT2D eigenvalue weighted by Crippen LogP contribution is -2.45. The van der Waals surface area contributed by atoms with Crippen molar-refractivity contribution in [3.8, 4) is 0 Å². The summed E-state index contributed by atoms with van der Waals surface area (Å²) in [6.07, 6.45) is 0. The van der Waals surface area contributed by atoms with Crippen LogP contribution in [0.4, 0.5) is 11.4 Å². The number of carbonyl (C=O) groups excluding carboxylic acids is 1. The second-order valence-electron chi connectivity index (χ2n) is 9.48. The van der Waals surface area contributed by atoms with E-state index in [0.29, 0.717) is 0 Å². The Morgan fingerprint density at radius 2 is 1.22 bits per heavy atom. The number of anilines is 2. The Morgan fingerprint density at radius 1 is 0.676 bits per heavy atom. The van der Waals surface area contributed by atoms with E-state index in [1.807, 2.05) is 48.5 Å². The molecule has 0 unspecified atom stereocenters. The molecule has 0 radical (unpaired) electrons. The summed E-state index contributed by atoms with van der Waals surface area (Å²) < 4.78 is 0. The molecule has 0 saturated carbocycles. The molecule has 0 atom stereocenters. The molecule has 2 N–H and O–H groups in total. The standard InChI is InChI=1S/C32H34N4O/c37-31(24-33-32(27-12-6-2-7-13-27)28-14-8-3-9-15-28)34-29-16-18-30(19-17-29)36-22-20-35(21-23-36)25-26-10-4-1-5-11-26/h1-19,32-33H,20-25H2,(H,34,37). The average Bonchev–Trinajstić information content (AvgIpc) is 2.96. The molecular formula is C32H34N4O. The minimum absolute atomic E-state index is 0.0453. The second-order valence-corrected chi connectivity index (χ2v) is 9.48. The molecule has 188 valence electrons. The Morgan fingerprint density at radius 3 is 1.78 bits per heavy atom. The molecular weight excluding hydrogens is 456 g/mol. The van der Waals surface area contributed by atoms with Crippen LogP contribution in [0.3, 0.4) is 0 Å². The van der Waals surface area contributed by atoms with Gasteiger partial charge in [0.1, 0.15) is 0 Å². The van der Waals surface area contributed by atoms with Gasteiger partial charge in [0, 0.05) is 44.1 Å². The number of hydrogen-bond donors (Lipinski definition) is 2. The maximum atomic E-state index is 12.8. The van der Waals surface area contributed by atoms with Crippen LogP contribution in [-0.2, 0) is 11.3 Å². The summed E-state index contributed by atoms with van der Waals surface area (Å²) >= 11 is 0. The highest BCUT2D eigenvalue weighted by atomic mass is 16.1. The summed E-state index contributed by atoms with van der Waals surface area (Å²) in [7, 11) is 0. The summed E-state index contributed by atoms with van der Waals surface area (Å²) in [5, 5.41) is 6.47. The van der Waals surface area contributed by atoms with Gasteiger partial charge in [-0.05, 0) is 41.0 Å². The largest absolute Gasteiger partial charge is 0.369 e. The number of carbonyl (C=O) groups is 1. The number of nitrogens with one attached hydrogen (secondary N) is 2. The van der Waals surface area contributed by atoms with Crippen molar-refractivity contribution < 1.29 is 4.79 Å². The van der Waals surface area contributed by atoms with Crippen molar-refractivity contribution in [2.24, 2.45) is 0 Å². The van der Waals surface area contributed by atoms with Gasteiger partial charge in [0.2, 0.25) is 5.91 Å². The lowest BCUT2D eigenvalue weighted by Gasteiger charge is -2.36. The van der Waals surface area contributed by atoms with Crippen LogP contribution in [0, 0.1) is 0 Å². The molecule has 1 aliphatic heterocycles. The van der Waals surface area contributed by atoms with Crippen molar-refractivity contribution in [1.29, 1.82) is 0 Å². The van der Waals surface area contributed by atoms with Crippen LogP contribution in [0.25, 0.3) is 0 Å². The average molecular weight is 491 g/mol. The number of rotatable bonds is 9. The third-order valence-electron chi connectivity index (χ3n) is 6.87. The third-order valence-corrected chi connectivity index (χ3v) is 6.87. The summed E-state index contributed by atoms with van der Waals surface area (Å²) in [5.41, 5.74) is 5.65. The molecule has 5 nitrogen and oxygen atoms in total. The van der Waals surface area contributed by atoms with E-state index in [-0.39, 0.29) is 18.5 Å². The van der Waals surface area contributed by atoms with E-state index in [4.69, 9.17) is 0 Å². The van der Waals surface area contributed by atoms with Crippen LogP contribution in [-0.4, -0.2) is 43.5 Å². The van der Waals surface area contributed by atoms with Gasteiger partial charge in [-0.15, -0.1) is 0 Å². The molecule has 0 bridgehead atoms. The lowest BCUT2D eigenvalue weighted by molar-refractivity contribution is -0.115. The normalized spacial score (nSPS) is 14.0. The van der Waals surface area contributed by atoms with Crippen molar-refractivity contribution in [3.05, 3.63) is 132 Å². The number of benzene rings is 4. The van der Waals surface area contributed by atoms with Gasteiger partial charge in [0.05, 0.1) is 12.6 Å². The Labute approximate surface area is 219 Å². The highest BCUT2D eigenvalue weighted by Crippen LogP contribution is 2.22. The molecule has 4 aromatic carbocycles. The summed E-state index contributed by atoms with van der Waals surface area (Å²) in [6, 6.07) is 39.3. The van der Waals surface area contributed by atoms with E-state index in [1.54, 1.807) is 0 Å². The van der Waals surface area contributed by atoms with E-state index in [0.717, 1.165) is 49.5 Å². The van der Waals surface area contributed by atoms with Gasteiger partial charge >= 0.3 is 0 Å². The summed E-state index contributed by atoms with van der Waals surface area (Å²) in [6.45, 7) is 5.32. The van der Waals surface area contributed by atoms with Gasteiger partial charge in [0.15, 0.2) is 0 Å². The lowest BCUT2D eigenvalue weighted by atomic mass is 9.99. The quantitative estimate of drug-likeness (QED) is 0.333. The first-order valence-electron chi connectivity index (χ1n) is 13.0. The molecule has 1 heterocycles. The number of hydrogen-bond acceptors (Lipinski definition) is 4. The molecule has 1 amide bonds. The van der Waals surface area contributed by atoms with E-state index < -0.39 is 0 Å². The van der Waals surface area contributed by atoms with Crippen LogP contribution in [0.15, 0.2) is 115 Å². The third kappa shape index (κ3) is 6.85. The zero-order valence-corrected chi connectivity index (χ0v) is 21.1. The predicted octanol–water partition coefficient (Wildman–Crippen LogP) is 5.33. The van der Waals surface area contributed by atoms with Crippen LogP contribution in [0.1, 0.15) is 22.7 Å². The maximum Gasteiger partial charge on any atom is 0.238 e. The summed E-state index contributed by atoms with van der Waals surface area (Å²) in [5.74, 6) is -0.0564. The summed E-state index contributed by atoms with van der Waals surface area (Å²) in [4.78, 5) is 17.7. The zero-order valence-electron chi connectivity index (χ0n) is 21.1. The predicted molar refractivity (Wildman–Crippen MR) is 152 cm³/mol. The van der Waals surface area contributed by atoms with E-state index in [9.17, 15) is 4.79 Å². The molecule has 0 aromatic heterocycles. The van der Waals surface area contributed by atoms with Crippen molar-refractivity contribution in [1.82, 2.24) is 10.2 Å². The van der Waals surface area contributed by atoms with Crippen molar-refractivity contribution >= 4 is 17.3 Å². The highest BCUT2D eigenvalue weighted by molar-refractivity contribution is 5.92. The van der Waals surface area contributed by atoms with Crippen LogP contribution in [0.2, 0.25) is 0 Å². The fraction of sp³-hybridized carbons (Fsp3) is 0.219. The fourth-order valence-electron chi connectivity index (χ4n) is 4.88. The number of nitrogens with zero attached hydrogens (tertiary/aromatic N) is 2. The first-order valence-corrected chi connectivity index (χ1v) is 13.0. The molecule has 0 aliphatic carbocycles. The molecule has 37 heavy (non-hydrogen) atoms. The topological polar surface area (TPSA) is 47.6 Å². The molecule has 0 spiro atoms. The SMILES string of the molecule is O=C(CNC(c1ccccc1)c1ccccc1)Nc1ccc(N2CCN(Cc3ccccc3)CC2)cc1. The maximum absolute atomic E-state index is 12.8. The van der Waals surface area contributed by atoms with Crippen LogP contribution in [0.5, 0.6) is 0 Å². The Hall–Kier alpha value is -3.93. The molecule has 5 rings (SSSR count). The Bertz CT molecular complexity index is 1200. The minimum Gasteiger partial charge on any atom is -0.369 e. The van der Waals surface area contributed by atoms with Gasteiger partial charge in [-0.1, -0.05) is 91.0 Å². The Balaban J connectivity index is 1.12. The minimum atomic E-state index is -0.0564. The van der Waals surface area contributed by atoms with Crippen LogP contribution >= 0.6 is 0 Å². The van der Waals surface area contributed by atoms with E-state index >= 15 is 0 Å². The number of amides is 1. The first-order chi connectivity index (χ1) is 18.2. The van der Waals surface area contributed by atoms with E-state index in [1.165, 1.54) is 11.3 Å². The number of piperazine rings is 1.